The standard InChI is InChI=1S/C21H15BrN4O/c22-16-6-4-5-15(13-16)18-11-9-14-10-12-19(25-20(14)24-18)26-21(27)23-17-7-2-1-3-8-17/h1-13H,(H2,23,24,25,26,27). The van der Waals surface area contributed by atoms with Gasteiger partial charge in [-0.05, 0) is 48.5 Å². The van der Waals surface area contributed by atoms with Gasteiger partial charge in [0, 0.05) is 21.1 Å². The van der Waals surface area contributed by atoms with Gasteiger partial charge in [-0.3, -0.25) is 5.32 Å². The number of benzene rings is 2. The number of hydrogen-bond donors (Lipinski definition) is 2. The van der Waals surface area contributed by atoms with Crippen molar-refractivity contribution in [1.29, 1.82) is 0 Å². The second-order valence-corrected chi connectivity index (χ2v) is 6.81. The molecule has 0 saturated heterocycles. The first-order valence-corrected chi connectivity index (χ1v) is 9.13. The van der Waals surface area contributed by atoms with Crippen molar-refractivity contribution < 1.29 is 4.79 Å². The topological polar surface area (TPSA) is 66.9 Å². The molecule has 27 heavy (non-hydrogen) atoms. The molecule has 2 aromatic heterocycles. The van der Waals surface area contributed by atoms with E-state index in [-0.39, 0.29) is 6.03 Å². The second kappa shape index (κ2) is 7.55. The maximum Gasteiger partial charge on any atom is 0.324 e. The first-order valence-electron chi connectivity index (χ1n) is 8.34. The molecule has 4 aromatic rings. The summed E-state index contributed by atoms with van der Waals surface area (Å²) in [6.45, 7) is 0. The molecule has 6 heteroatoms. The number of urea groups is 1. The number of aromatic nitrogens is 2. The van der Waals surface area contributed by atoms with Gasteiger partial charge in [-0.1, -0.05) is 46.3 Å². The molecule has 0 fully saturated rings. The molecule has 2 heterocycles. The van der Waals surface area contributed by atoms with Crippen molar-refractivity contribution >= 4 is 44.5 Å². The summed E-state index contributed by atoms with van der Waals surface area (Å²) in [7, 11) is 0. The van der Waals surface area contributed by atoms with Crippen molar-refractivity contribution in [2.75, 3.05) is 10.6 Å². The Morgan fingerprint density at radius 1 is 0.815 bits per heavy atom. The Morgan fingerprint density at radius 2 is 1.63 bits per heavy atom. The average molecular weight is 419 g/mol. The summed E-state index contributed by atoms with van der Waals surface area (Å²) in [5, 5.41) is 6.41. The first kappa shape index (κ1) is 17.2. The van der Waals surface area contributed by atoms with Gasteiger partial charge in [0.15, 0.2) is 5.65 Å². The average Bonchev–Trinajstić information content (AvgIpc) is 2.68. The Morgan fingerprint density at radius 3 is 2.44 bits per heavy atom. The van der Waals surface area contributed by atoms with Gasteiger partial charge in [0.05, 0.1) is 5.69 Å². The van der Waals surface area contributed by atoms with Gasteiger partial charge in [-0.2, -0.15) is 0 Å². The van der Waals surface area contributed by atoms with Crippen molar-refractivity contribution in [2.24, 2.45) is 0 Å². The van der Waals surface area contributed by atoms with Crippen molar-refractivity contribution in [3.05, 3.63) is 83.3 Å². The molecule has 0 bridgehead atoms. The Bertz CT molecular complexity index is 1120. The van der Waals surface area contributed by atoms with Gasteiger partial charge in [-0.25, -0.2) is 14.8 Å². The molecular weight excluding hydrogens is 404 g/mol. The van der Waals surface area contributed by atoms with Crippen LogP contribution in [0, 0.1) is 0 Å². The van der Waals surface area contributed by atoms with Crippen LogP contribution < -0.4 is 10.6 Å². The fourth-order valence-corrected chi connectivity index (χ4v) is 3.08. The van der Waals surface area contributed by atoms with Gasteiger partial charge in [0.1, 0.15) is 5.82 Å². The zero-order valence-electron chi connectivity index (χ0n) is 14.2. The number of fused-ring (bicyclic) bond motifs is 1. The minimum absolute atomic E-state index is 0.351. The fourth-order valence-electron chi connectivity index (χ4n) is 2.68. The number of carbonyl (C=O) groups excluding carboxylic acids is 1. The van der Waals surface area contributed by atoms with Crippen molar-refractivity contribution in [3.63, 3.8) is 0 Å². The predicted molar refractivity (Wildman–Crippen MR) is 112 cm³/mol. The summed E-state index contributed by atoms with van der Waals surface area (Å²) in [6, 6.07) is 24.4. The van der Waals surface area contributed by atoms with Crippen LogP contribution in [0.1, 0.15) is 0 Å². The number of pyridine rings is 2. The van der Waals surface area contributed by atoms with Crippen LogP contribution in [0.25, 0.3) is 22.3 Å². The van der Waals surface area contributed by atoms with Crippen molar-refractivity contribution in [2.45, 2.75) is 0 Å². The molecule has 2 amide bonds. The lowest BCUT2D eigenvalue weighted by Crippen LogP contribution is -2.20. The molecule has 0 aliphatic carbocycles. The minimum Gasteiger partial charge on any atom is -0.308 e. The van der Waals surface area contributed by atoms with E-state index in [1.165, 1.54) is 0 Å². The summed E-state index contributed by atoms with van der Waals surface area (Å²) < 4.78 is 0.989. The van der Waals surface area contributed by atoms with E-state index < -0.39 is 0 Å². The molecule has 0 aliphatic rings. The first-order chi connectivity index (χ1) is 13.2. The summed E-state index contributed by atoms with van der Waals surface area (Å²) in [6.07, 6.45) is 0. The summed E-state index contributed by atoms with van der Waals surface area (Å²) in [5.41, 5.74) is 3.10. The van der Waals surface area contributed by atoms with Crippen LogP contribution in [0.4, 0.5) is 16.3 Å². The number of amides is 2. The summed E-state index contributed by atoms with van der Waals surface area (Å²) >= 11 is 3.48. The third kappa shape index (κ3) is 4.12. The maximum absolute atomic E-state index is 12.2. The number of carbonyl (C=O) groups is 1. The molecule has 0 saturated carbocycles. The van der Waals surface area contributed by atoms with Gasteiger partial charge in [0.2, 0.25) is 0 Å². The van der Waals surface area contributed by atoms with Crippen molar-refractivity contribution in [1.82, 2.24) is 9.97 Å². The SMILES string of the molecule is O=C(Nc1ccccc1)Nc1ccc2ccc(-c3cccc(Br)c3)nc2n1. The van der Waals surface area contributed by atoms with Gasteiger partial charge in [0.25, 0.3) is 0 Å². The van der Waals surface area contributed by atoms with Crippen LogP contribution in [-0.2, 0) is 0 Å². The smallest absolute Gasteiger partial charge is 0.308 e. The number of hydrogen-bond acceptors (Lipinski definition) is 3. The molecule has 0 radical (unpaired) electrons. The zero-order chi connectivity index (χ0) is 18.6. The lowest BCUT2D eigenvalue weighted by atomic mass is 10.1. The van der Waals surface area contributed by atoms with Crippen LogP contribution in [-0.4, -0.2) is 16.0 Å². The van der Waals surface area contributed by atoms with Crippen LogP contribution in [0.15, 0.2) is 83.3 Å². The Labute approximate surface area is 164 Å². The molecule has 0 unspecified atom stereocenters. The molecule has 0 atom stereocenters. The second-order valence-electron chi connectivity index (χ2n) is 5.90. The van der Waals surface area contributed by atoms with Crippen LogP contribution in [0.5, 0.6) is 0 Å². The Balaban J connectivity index is 1.58. The number of para-hydroxylation sites is 1. The van der Waals surface area contributed by atoms with E-state index in [1.807, 2.05) is 72.8 Å². The Hall–Kier alpha value is -3.25. The molecule has 5 nitrogen and oxygen atoms in total. The molecule has 2 aromatic carbocycles. The molecule has 132 valence electrons. The van der Waals surface area contributed by atoms with E-state index in [0.29, 0.717) is 17.2 Å². The van der Waals surface area contributed by atoms with E-state index in [2.05, 4.69) is 36.5 Å². The number of halogens is 1. The Kier molecular flexibility index (Phi) is 4.80. The van der Waals surface area contributed by atoms with Gasteiger partial charge >= 0.3 is 6.03 Å². The number of rotatable bonds is 3. The maximum atomic E-state index is 12.2. The molecule has 0 spiro atoms. The van der Waals surface area contributed by atoms with E-state index in [4.69, 9.17) is 0 Å². The lowest BCUT2D eigenvalue weighted by Gasteiger charge is -2.08. The van der Waals surface area contributed by atoms with Crippen LogP contribution >= 0.6 is 15.9 Å². The van der Waals surface area contributed by atoms with Gasteiger partial charge in [-0.15, -0.1) is 0 Å². The van der Waals surface area contributed by atoms with E-state index >= 15 is 0 Å². The highest BCUT2D eigenvalue weighted by Gasteiger charge is 2.07. The third-order valence-corrected chi connectivity index (χ3v) is 4.44. The largest absolute Gasteiger partial charge is 0.324 e. The van der Waals surface area contributed by atoms with E-state index in [9.17, 15) is 4.79 Å². The normalized spacial score (nSPS) is 10.6. The number of nitrogens with one attached hydrogen (secondary N) is 2. The highest BCUT2D eigenvalue weighted by molar-refractivity contribution is 9.10. The summed E-state index contributed by atoms with van der Waals surface area (Å²) in [4.78, 5) is 21.3. The van der Waals surface area contributed by atoms with Crippen molar-refractivity contribution in [3.8, 4) is 11.3 Å². The predicted octanol–water partition coefficient (Wildman–Crippen LogP) is 5.70. The van der Waals surface area contributed by atoms with Crippen LogP contribution in [0.3, 0.4) is 0 Å². The molecule has 4 rings (SSSR count). The quantitative estimate of drug-likeness (QED) is 0.448. The highest BCUT2D eigenvalue weighted by atomic mass is 79.9. The fraction of sp³-hybridized carbons (Fsp3) is 0. The molecule has 2 N–H and O–H groups in total. The van der Waals surface area contributed by atoms with Gasteiger partial charge < -0.3 is 5.32 Å². The lowest BCUT2D eigenvalue weighted by molar-refractivity contribution is 0.262. The minimum atomic E-state index is -0.351. The number of nitrogens with zero attached hydrogens (tertiary/aromatic N) is 2. The molecular formula is C21H15BrN4O. The monoisotopic (exact) mass is 418 g/mol. The zero-order valence-corrected chi connectivity index (χ0v) is 15.8. The third-order valence-electron chi connectivity index (χ3n) is 3.95. The van der Waals surface area contributed by atoms with Crippen LogP contribution in [0.2, 0.25) is 0 Å². The highest BCUT2D eigenvalue weighted by Crippen LogP contribution is 2.24. The summed E-state index contributed by atoms with van der Waals surface area (Å²) in [5.74, 6) is 0.440. The van der Waals surface area contributed by atoms with E-state index in [0.717, 1.165) is 21.1 Å². The van der Waals surface area contributed by atoms with E-state index in [1.54, 1.807) is 6.07 Å². The molecule has 0 aliphatic heterocycles. The number of anilines is 2.